The van der Waals surface area contributed by atoms with E-state index >= 15 is 0 Å². The largest absolute Gasteiger partial charge is 0.310 e. The maximum absolute atomic E-state index is 6.28. The summed E-state index contributed by atoms with van der Waals surface area (Å²) >= 11 is 11.8. The van der Waals surface area contributed by atoms with Crippen LogP contribution in [-0.2, 0) is 6.54 Å². The predicted molar refractivity (Wildman–Crippen MR) is 85.0 cm³/mol. The molecule has 2 unspecified atom stereocenters. The van der Waals surface area contributed by atoms with E-state index in [9.17, 15) is 0 Å². The van der Waals surface area contributed by atoms with Gasteiger partial charge in [0.05, 0.1) is 5.38 Å². The molecule has 102 valence electrons. The molecule has 19 heavy (non-hydrogen) atoms. The average Bonchev–Trinajstić information content (AvgIpc) is 2.97. The first-order chi connectivity index (χ1) is 9.15. The number of fused-ring (bicyclic) bond motifs is 1. The lowest BCUT2D eigenvalue weighted by Gasteiger charge is -2.14. The van der Waals surface area contributed by atoms with Crippen LogP contribution in [0.1, 0.15) is 31.0 Å². The molecule has 2 aromatic rings. The summed E-state index contributed by atoms with van der Waals surface area (Å²) < 4.78 is 3.15. The van der Waals surface area contributed by atoms with Crippen molar-refractivity contribution in [3.63, 3.8) is 0 Å². The highest BCUT2D eigenvalue weighted by Crippen LogP contribution is 2.31. The SMILES string of the molecule is CC(Cl)c1nc2cc(Br)cnc2n1CC1CCCS1. The van der Waals surface area contributed by atoms with E-state index in [-0.39, 0.29) is 5.38 Å². The Balaban J connectivity index is 2.05. The van der Waals surface area contributed by atoms with Gasteiger partial charge in [0.2, 0.25) is 0 Å². The molecule has 2 atom stereocenters. The van der Waals surface area contributed by atoms with Gasteiger partial charge in [-0.2, -0.15) is 11.8 Å². The molecule has 0 N–H and O–H groups in total. The minimum Gasteiger partial charge on any atom is -0.310 e. The fraction of sp³-hybridized carbons (Fsp3) is 0.538. The summed E-state index contributed by atoms with van der Waals surface area (Å²) in [5.41, 5.74) is 1.86. The molecule has 0 radical (unpaired) electrons. The van der Waals surface area contributed by atoms with Gasteiger partial charge in [-0.1, -0.05) is 0 Å². The number of pyridine rings is 1. The van der Waals surface area contributed by atoms with Crippen LogP contribution in [0.5, 0.6) is 0 Å². The summed E-state index contributed by atoms with van der Waals surface area (Å²) in [6, 6.07) is 2.00. The molecule has 2 aromatic heterocycles. The van der Waals surface area contributed by atoms with Gasteiger partial charge >= 0.3 is 0 Å². The zero-order chi connectivity index (χ0) is 13.4. The molecule has 1 aliphatic heterocycles. The van der Waals surface area contributed by atoms with Crippen molar-refractivity contribution in [1.29, 1.82) is 0 Å². The Kier molecular flexibility index (Phi) is 4.06. The van der Waals surface area contributed by atoms with E-state index < -0.39 is 0 Å². The molecule has 0 saturated carbocycles. The fourth-order valence-corrected chi connectivity index (χ4v) is 4.22. The molecule has 0 aliphatic carbocycles. The third-order valence-electron chi connectivity index (χ3n) is 3.35. The van der Waals surface area contributed by atoms with E-state index in [4.69, 9.17) is 11.6 Å². The molecule has 0 aromatic carbocycles. The third kappa shape index (κ3) is 2.78. The van der Waals surface area contributed by atoms with Crippen LogP contribution in [0.3, 0.4) is 0 Å². The monoisotopic (exact) mass is 359 g/mol. The van der Waals surface area contributed by atoms with Gasteiger partial charge in [-0.3, -0.25) is 0 Å². The van der Waals surface area contributed by atoms with E-state index in [1.54, 1.807) is 0 Å². The molecular weight excluding hydrogens is 346 g/mol. The summed E-state index contributed by atoms with van der Waals surface area (Å²) in [4.78, 5) is 9.16. The fourth-order valence-electron chi connectivity index (χ4n) is 2.48. The van der Waals surface area contributed by atoms with Crippen LogP contribution < -0.4 is 0 Å². The maximum Gasteiger partial charge on any atom is 0.160 e. The number of hydrogen-bond donors (Lipinski definition) is 0. The Morgan fingerprint density at radius 2 is 2.47 bits per heavy atom. The van der Waals surface area contributed by atoms with Crippen molar-refractivity contribution in [1.82, 2.24) is 14.5 Å². The van der Waals surface area contributed by atoms with Crippen LogP contribution in [0.4, 0.5) is 0 Å². The number of rotatable bonds is 3. The topological polar surface area (TPSA) is 30.7 Å². The lowest BCUT2D eigenvalue weighted by Crippen LogP contribution is -2.13. The number of halogens is 2. The lowest BCUT2D eigenvalue weighted by molar-refractivity contribution is 0.619. The van der Waals surface area contributed by atoms with E-state index in [0.29, 0.717) is 5.25 Å². The third-order valence-corrected chi connectivity index (χ3v) is 5.36. The van der Waals surface area contributed by atoms with Gasteiger partial charge in [-0.15, -0.1) is 11.6 Å². The summed E-state index contributed by atoms with van der Waals surface area (Å²) in [7, 11) is 0. The van der Waals surface area contributed by atoms with Crippen LogP contribution >= 0.6 is 39.3 Å². The van der Waals surface area contributed by atoms with E-state index in [0.717, 1.165) is 28.0 Å². The second kappa shape index (κ2) is 5.62. The van der Waals surface area contributed by atoms with Crippen LogP contribution in [-0.4, -0.2) is 25.5 Å². The Bertz CT molecular complexity index is 593. The van der Waals surface area contributed by atoms with E-state index in [2.05, 4.69) is 30.5 Å². The minimum absolute atomic E-state index is 0.0978. The molecule has 0 spiro atoms. The number of thioether (sulfide) groups is 1. The summed E-state index contributed by atoms with van der Waals surface area (Å²) in [6.07, 6.45) is 4.41. The van der Waals surface area contributed by atoms with Crippen molar-refractivity contribution in [2.24, 2.45) is 0 Å². The first kappa shape index (κ1) is 13.7. The van der Waals surface area contributed by atoms with Crippen molar-refractivity contribution in [2.75, 3.05) is 5.75 Å². The highest BCUT2D eigenvalue weighted by atomic mass is 79.9. The Hall–Kier alpha value is -0.260. The molecule has 0 amide bonds. The average molecular weight is 361 g/mol. The zero-order valence-electron chi connectivity index (χ0n) is 10.6. The summed E-state index contributed by atoms with van der Waals surface area (Å²) in [5.74, 6) is 2.19. The Morgan fingerprint density at radius 1 is 1.63 bits per heavy atom. The van der Waals surface area contributed by atoms with Crippen molar-refractivity contribution < 1.29 is 0 Å². The smallest absolute Gasteiger partial charge is 0.160 e. The van der Waals surface area contributed by atoms with Gasteiger partial charge in [0.1, 0.15) is 11.3 Å². The van der Waals surface area contributed by atoms with Crippen molar-refractivity contribution in [3.8, 4) is 0 Å². The molecule has 3 nitrogen and oxygen atoms in total. The quantitative estimate of drug-likeness (QED) is 0.761. The van der Waals surface area contributed by atoms with Crippen LogP contribution in [0, 0.1) is 0 Å². The normalized spacial score (nSPS) is 21.1. The highest BCUT2D eigenvalue weighted by Gasteiger charge is 2.22. The highest BCUT2D eigenvalue weighted by molar-refractivity contribution is 9.10. The number of hydrogen-bond acceptors (Lipinski definition) is 3. The van der Waals surface area contributed by atoms with Crippen LogP contribution in [0.2, 0.25) is 0 Å². The first-order valence-corrected chi connectivity index (χ1v) is 8.70. The molecule has 1 aliphatic rings. The van der Waals surface area contributed by atoms with Gasteiger partial charge < -0.3 is 4.57 Å². The molecule has 0 bridgehead atoms. The molecule has 1 fully saturated rings. The van der Waals surface area contributed by atoms with Gasteiger partial charge in [0.15, 0.2) is 5.65 Å². The second-order valence-corrected chi connectivity index (χ2v) is 7.81. The standard InChI is InChI=1S/C13H15BrClN3S/c1-8(15)12-17-11-5-9(14)6-16-13(11)18(12)7-10-3-2-4-19-10/h5-6,8,10H,2-4,7H2,1H3. The number of imidazole rings is 1. The molecule has 3 heterocycles. The minimum atomic E-state index is -0.0978. The summed E-state index contributed by atoms with van der Waals surface area (Å²) in [6.45, 7) is 2.93. The van der Waals surface area contributed by atoms with Crippen molar-refractivity contribution in [3.05, 3.63) is 22.6 Å². The Morgan fingerprint density at radius 3 is 3.16 bits per heavy atom. The lowest BCUT2D eigenvalue weighted by atomic mass is 10.2. The van der Waals surface area contributed by atoms with E-state index in [1.807, 2.05) is 30.9 Å². The van der Waals surface area contributed by atoms with Gasteiger partial charge in [0, 0.05) is 22.5 Å². The second-order valence-electron chi connectivity index (χ2n) is 4.83. The zero-order valence-corrected chi connectivity index (χ0v) is 13.8. The number of alkyl halides is 1. The summed E-state index contributed by atoms with van der Waals surface area (Å²) in [5, 5.41) is 0.566. The molecular formula is C13H15BrClN3S. The first-order valence-electron chi connectivity index (χ1n) is 6.42. The maximum atomic E-state index is 6.28. The van der Waals surface area contributed by atoms with E-state index in [1.165, 1.54) is 18.6 Å². The molecule has 3 rings (SSSR count). The number of nitrogens with zero attached hydrogens (tertiary/aromatic N) is 3. The van der Waals surface area contributed by atoms with Gasteiger partial charge in [0.25, 0.3) is 0 Å². The van der Waals surface area contributed by atoms with Gasteiger partial charge in [-0.25, -0.2) is 9.97 Å². The van der Waals surface area contributed by atoms with Crippen LogP contribution in [0.15, 0.2) is 16.7 Å². The van der Waals surface area contributed by atoms with Gasteiger partial charge in [-0.05, 0) is 47.5 Å². The van der Waals surface area contributed by atoms with Crippen LogP contribution in [0.25, 0.3) is 11.2 Å². The van der Waals surface area contributed by atoms with Crippen molar-refractivity contribution >= 4 is 50.5 Å². The molecule has 1 saturated heterocycles. The Labute approximate surface area is 130 Å². The number of aromatic nitrogens is 3. The predicted octanol–water partition coefficient (Wildman–Crippen LogP) is 4.39. The van der Waals surface area contributed by atoms with Crippen molar-refractivity contribution in [2.45, 2.75) is 36.9 Å². The molecule has 6 heteroatoms.